The first kappa shape index (κ1) is 16.5. The quantitative estimate of drug-likeness (QED) is 0.210. The van der Waals surface area contributed by atoms with E-state index in [-0.39, 0.29) is 28.6 Å². The van der Waals surface area contributed by atoms with Crippen molar-refractivity contribution in [3.8, 4) is 39.9 Å². The van der Waals surface area contributed by atoms with E-state index >= 15 is 0 Å². The van der Waals surface area contributed by atoms with Gasteiger partial charge in [0.05, 0.1) is 35.8 Å². The third-order valence-corrected chi connectivity index (χ3v) is 7.64. The first-order valence-electron chi connectivity index (χ1n) is 18.8. The van der Waals surface area contributed by atoms with E-state index in [1.165, 1.54) is 0 Å². The number of hydrogen-bond acceptors (Lipinski definition) is 4. The van der Waals surface area contributed by atoms with Crippen molar-refractivity contribution in [3.05, 3.63) is 145 Å². The Balaban J connectivity index is 1.30. The highest BCUT2D eigenvalue weighted by Crippen LogP contribution is 2.39. The fraction of sp³-hybridized carbons (Fsp3) is 0. The molecule has 0 saturated carbocycles. The average molecular weight is 575 g/mol. The van der Waals surface area contributed by atoms with Crippen molar-refractivity contribution in [1.82, 2.24) is 19.5 Å². The molecule has 0 saturated heterocycles. The molecule has 3 heterocycles. The van der Waals surface area contributed by atoms with Gasteiger partial charge in [0, 0.05) is 32.8 Å². The zero-order chi connectivity index (χ0) is 37.7. The molecule has 9 aromatic rings. The van der Waals surface area contributed by atoms with Gasteiger partial charge in [-0.15, -0.1) is 0 Å². The molecule has 0 atom stereocenters. The normalized spacial score (nSPS) is 14.8. The molecule has 0 spiro atoms. The number of fused-ring (bicyclic) bond motifs is 6. The summed E-state index contributed by atoms with van der Waals surface area (Å²) in [5.74, 6) is -0.715. The highest BCUT2D eigenvalue weighted by Gasteiger charge is 2.19. The lowest BCUT2D eigenvalue weighted by molar-refractivity contribution is 0.669. The minimum absolute atomic E-state index is 0.0430. The molecule has 3 aromatic heterocycles. The maximum absolute atomic E-state index is 8.60. The Kier molecular flexibility index (Phi) is 3.66. The van der Waals surface area contributed by atoms with Gasteiger partial charge in [-0.25, -0.2) is 15.0 Å². The predicted octanol–water partition coefficient (Wildman–Crippen LogP) is 9.87. The predicted molar refractivity (Wildman–Crippen MR) is 178 cm³/mol. The van der Waals surface area contributed by atoms with Crippen LogP contribution in [0.15, 0.2) is 150 Å². The molecule has 44 heavy (non-hydrogen) atoms. The largest absolute Gasteiger partial charge is 0.456 e. The Morgan fingerprint density at radius 3 is 1.68 bits per heavy atom. The number of furan rings is 1. The second-order valence-electron chi connectivity index (χ2n) is 10.1. The molecular weight excluding hydrogens is 540 g/mol. The van der Waals surface area contributed by atoms with E-state index in [0.717, 1.165) is 38.3 Å². The van der Waals surface area contributed by atoms with Crippen molar-refractivity contribution in [2.45, 2.75) is 0 Å². The summed E-state index contributed by atoms with van der Waals surface area (Å²) in [5.41, 5.74) is 3.78. The Labute approximate surface area is 266 Å². The fourth-order valence-corrected chi connectivity index (χ4v) is 5.77. The molecule has 0 aliphatic rings. The van der Waals surface area contributed by atoms with Crippen LogP contribution in [0.3, 0.4) is 0 Å². The molecule has 6 aromatic carbocycles. The lowest BCUT2D eigenvalue weighted by atomic mass is 10.1. The van der Waals surface area contributed by atoms with Crippen LogP contribution in [0.25, 0.3) is 83.6 Å². The van der Waals surface area contributed by atoms with E-state index in [1.807, 2.05) is 48.5 Å². The molecule has 0 amide bonds. The minimum Gasteiger partial charge on any atom is -0.456 e. The summed E-state index contributed by atoms with van der Waals surface area (Å²) in [7, 11) is 0. The monoisotopic (exact) mass is 574 g/mol. The zero-order valence-corrected chi connectivity index (χ0v) is 22.8. The second-order valence-corrected chi connectivity index (χ2v) is 10.1. The maximum Gasteiger partial charge on any atom is 0.164 e. The number of benzene rings is 6. The van der Waals surface area contributed by atoms with Crippen LogP contribution in [0.4, 0.5) is 0 Å². The topological polar surface area (TPSA) is 56.7 Å². The van der Waals surface area contributed by atoms with Crippen LogP contribution < -0.4 is 0 Å². The van der Waals surface area contributed by atoms with E-state index < -0.39 is 60.4 Å². The third kappa shape index (κ3) is 3.83. The van der Waals surface area contributed by atoms with Gasteiger partial charge in [-0.3, -0.25) is 0 Å². The molecule has 0 unspecified atom stereocenters. The summed E-state index contributed by atoms with van der Waals surface area (Å²) >= 11 is 0. The number of hydrogen-bond donors (Lipinski definition) is 0. The molecule has 0 radical (unpaired) electrons. The van der Waals surface area contributed by atoms with Crippen molar-refractivity contribution in [1.29, 1.82) is 0 Å². The van der Waals surface area contributed by atoms with E-state index in [0.29, 0.717) is 16.7 Å². The van der Waals surface area contributed by atoms with Crippen LogP contribution in [0, 0.1) is 0 Å². The summed E-state index contributed by atoms with van der Waals surface area (Å²) in [6.45, 7) is 0. The summed E-state index contributed by atoms with van der Waals surface area (Å²) in [4.78, 5) is 13.5. The molecule has 0 aliphatic carbocycles. The van der Waals surface area contributed by atoms with Crippen molar-refractivity contribution in [2.24, 2.45) is 0 Å². The maximum atomic E-state index is 8.60. The van der Waals surface area contributed by atoms with Gasteiger partial charge in [0.1, 0.15) is 11.2 Å². The molecule has 9 rings (SSSR count). The van der Waals surface area contributed by atoms with Crippen molar-refractivity contribution < 1.29 is 18.1 Å². The highest BCUT2D eigenvalue weighted by atomic mass is 16.3. The van der Waals surface area contributed by atoms with Crippen molar-refractivity contribution >= 4 is 43.7 Å². The van der Waals surface area contributed by atoms with E-state index in [2.05, 4.69) is 43.8 Å². The number of nitrogens with zero attached hydrogens (tertiary/aromatic N) is 4. The SMILES string of the molecule is [2H]c1c([2H])c([2H])c(-c2nc(-c3ccc4c(c3)oc3cccc(-n5c6ccccc6c6ccccc65)c34)nc(-c3c([2H])c([2H])c([2H])c([2H])c3[2H])n2)c([2H])c1[2H]. The third-order valence-electron chi connectivity index (χ3n) is 7.64. The van der Waals surface area contributed by atoms with Crippen LogP contribution >= 0.6 is 0 Å². The van der Waals surface area contributed by atoms with Crippen LogP contribution in [-0.2, 0) is 0 Å². The van der Waals surface area contributed by atoms with Gasteiger partial charge >= 0.3 is 0 Å². The molecule has 5 heteroatoms. The van der Waals surface area contributed by atoms with Crippen LogP contribution in [-0.4, -0.2) is 19.5 Å². The standard InChI is InChI=1S/C39H24N4O/c1-3-12-25(13-4-1)37-40-38(26-14-5-2-6-15-26)42-39(41-37)27-22-23-30-35(24-27)44-34-21-11-20-33(36(30)34)43-31-18-9-7-16-28(31)29-17-8-10-19-32(29)43/h1-24H/i1D,2D,3D,4D,5D,6D,12D,13D,14D,15D. The molecule has 5 nitrogen and oxygen atoms in total. The number of aromatic nitrogens is 4. The Morgan fingerprint density at radius 2 is 1.07 bits per heavy atom. The Hall–Kier alpha value is -6.07. The van der Waals surface area contributed by atoms with Crippen molar-refractivity contribution in [3.63, 3.8) is 0 Å². The molecular formula is C39H24N4O. The minimum atomic E-state index is -0.611. The van der Waals surface area contributed by atoms with Gasteiger partial charge in [-0.2, -0.15) is 0 Å². The van der Waals surface area contributed by atoms with Gasteiger partial charge in [0.2, 0.25) is 0 Å². The summed E-state index contributed by atoms with van der Waals surface area (Å²) in [6.07, 6.45) is 0. The van der Waals surface area contributed by atoms with Gasteiger partial charge < -0.3 is 8.98 Å². The first-order chi connectivity index (χ1) is 26.0. The molecule has 0 bridgehead atoms. The van der Waals surface area contributed by atoms with Crippen LogP contribution in [0.2, 0.25) is 0 Å². The molecule has 0 fully saturated rings. The number of para-hydroxylation sites is 2. The van der Waals surface area contributed by atoms with Gasteiger partial charge in [-0.1, -0.05) is 109 Å². The molecule has 0 N–H and O–H groups in total. The summed E-state index contributed by atoms with van der Waals surface area (Å²) in [5, 5.41) is 3.87. The second kappa shape index (κ2) is 9.75. The first-order valence-corrected chi connectivity index (χ1v) is 13.8. The average Bonchev–Trinajstić information content (AvgIpc) is 3.73. The van der Waals surface area contributed by atoms with Gasteiger partial charge in [0.15, 0.2) is 17.5 Å². The Morgan fingerprint density at radius 1 is 0.500 bits per heavy atom. The highest BCUT2D eigenvalue weighted by molar-refractivity contribution is 6.14. The summed E-state index contributed by atoms with van der Waals surface area (Å²) in [6, 6.07) is 21.6. The van der Waals surface area contributed by atoms with Crippen molar-refractivity contribution in [2.75, 3.05) is 0 Å². The lowest BCUT2D eigenvalue weighted by Crippen LogP contribution is -2.00. The van der Waals surface area contributed by atoms with E-state index in [9.17, 15) is 0 Å². The molecule has 206 valence electrons. The van der Waals surface area contributed by atoms with E-state index in [1.54, 1.807) is 12.1 Å². The Bertz CT molecular complexity index is 2880. The number of rotatable bonds is 4. The fourth-order valence-electron chi connectivity index (χ4n) is 5.77. The summed E-state index contributed by atoms with van der Waals surface area (Å²) < 4.78 is 92.2. The lowest BCUT2D eigenvalue weighted by Gasteiger charge is -2.10. The van der Waals surface area contributed by atoms with E-state index in [4.69, 9.17) is 18.1 Å². The van der Waals surface area contributed by atoms with Crippen LogP contribution in [0.1, 0.15) is 13.7 Å². The van der Waals surface area contributed by atoms with Crippen LogP contribution in [0.5, 0.6) is 0 Å². The smallest absolute Gasteiger partial charge is 0.164 e. The van der Waals surface area contributed by atoms with Gasteiger partial charge in [0.25, 0.3) is 0 Å². The van der Waals surface area contributed by atoms with Gasteiger partial charge in [-0.05, 0) is 36.4 Å². The molecule has 0 aliphatic heterocycles. The zero-order valence-electron chi connectivity index (χ0n) is 32.8.